The molecule has 0 radical (unpaired) electrons. The van der Waals surface area contributed by atoms with Gasteiger partial charge in [0.15, 0.2) is 0 Å². The third-order valence-electron chi connectivity index (χ3n) is 5.35. The zero-order valence-corrected chi connectivity index (χ0v) is 19.9. The van der Waals surface area contributed by atoms with Gasteiger partial charge in [-0.05, 0) is 86.1 Å². The van der Waals surface area contributed by atoms with Gasteiger partial charge in [-0.2, -0.15) is 0 Å². The van der Waals surface area contributed by atoms with Crippen molar-refractivity contribution in [2.24, 2.45) is 4.99 Å². The fraction of sp³-hybridized carbons (Fsp3) is 0.111. The number of carboxylic acid groups (broad SMARTS) is 1. The fourth-order valence-corrected chi connectivity index (χ4v) is 3.85. The quantitative estimate of drug-likeness (QED) is 0.280. The van der Waals surface area contributed by atoms with Crippen LogP contribution in [-0.4, -0.2) is 21.9 Å². The zero-order chi connectivity index (χ0) is 23.4. The maximum atomic E-state index is 11.0. The van der Waals surface area contributed by atoms with Gasteiger partial charge in [0.1, 0.15) is 12.4 Å². The largest absolute Gasteiger partial charge is 0.489 e. The Morgan fingerprint density at radius 3 is 2.30 bits per heavy atom. The number of halogens is 1. The Labute approximate surface area is 201 Å². The lowest BCUT2D eigenvalue weighted by atomic mass is 10.2. The summed E-state index contributed by atoms with van der Waals surface area (Å²) in [6, 6.07) is 24.7. The summed E-state index contributed by atoms with van der Waals surface area (Å²) in [6.07, 6.45) is 1.81. The monoisotopic (exact) mass is 502 g/mol. The zero-order valence-electron chi connectivity index (χ0n) is 18.3. The van der Waals surface area contributed by atoms with Crippen molar-refractivity contribution in [1.82, 2.24) is 4.57 Å². The molecule has 1 aromatic heterocycles. The SMILES string of the molecule is Cc1cc(C=Nc2ccc(C(=O)O)cc2)c(C)n1-c1ccc(OCc2ccc(Br)cc2)cc1. The molecule has 0 spiro atoms. The second kappa shape index (κ2) is 9.88. The third-order valence-corrected chi connectivity index (χ3v) is 5.88. The summed E-state index contributed by atoms with van der Waals surface area (Å²) in [4.78, 5) is 15.5. The highest BCUT2D eigenvalue weighted by molar-refractivity contribution is 9.10. The summed E-state index contributed by atoms with van der Waals surface area (Å²) in [5, 5.41) is 9.02. The van der Waals surface area contributed by atoms with Gasteiger partial charge in [0.25, 0.3) is 0 Å². The van der Waals surface area contributed by atoms with E-state index in [1.807, 2.05) is 54.7 Å². The number of carbonyl (C=O) groups is 1. The van der Waals surface area contributed by atoms with Gasteiger partial charge in [0, 0.05) is 33.3 Å². The Kier molecular flexibility index (Phi) is 6.75. The average molecular weight is 503 g/mol. The molecule has 0 unspecified atom stereocenters. The number of carboxylic acids is 1. The minimum Gasteiger partial charge on any atom is -0.489 e. The lowest BCUT2D eigenvalue weighted by molar-refractivity contribution is 0.0697. The summed E-state index contributed by atoms with van der Waals surface area (Å²) < 4.78 is 9.14. The van der Waals surface area contributed by atoms with Crippen molar-refractivity contribution < 1.29 is 14.6 Å². The molecule has 1 N–H and O–H groups in total. The minimum atomic E-state index is -0.946. The molecule has 6 heteroatoms. The van der Waals surface area contributed by atoms with E-state index in [0.717, 1.165) is 38.4 Å². The number of aryl methyl sites for hydroxylation is 1. The number of hydrogen-bond acceptors (Lipinski definition) is 3. The molecule has 4 rings (SSSR count). The Bertz CT molecular complexity index is 1290. The standard InChI is InChI=1S/C27H23BrN2O3/c1-18-15-22(16-29-24-9-5-21(6-10-24)27(31)32)19(2)30(18)25-11-13-26(14-12-25)33-17-20-3-7-23(28)8-4-20/h3-16H,17H2,1-2H3,(H,31,32). The molecule has 0 amide bonds. The van der Waals surface area contributed by atoms with E-state index in [2.05, 4.69) is 45.4 Å². The van der Waals surface area contributed by atoms with Gasteiger partial charge in [-0.15, -0.1) is 0 Å². The molecule has 1 heterocycles. The van der Waals surface area contributed by atoms with Crippen LogP contribution in [0.15, 0.2) is 88.3 Å². The number of aromatic carboxylic acids is 1. The Morgan fingerprint density at radius 1 is 1.00 bits per heavy atom. The molecule has 166 valence electrons. The maximum absolute atomic E-state index is 11.0. The summed E-state index contributed by atoms with van der Waals surface area (Å²) in [7, 11) is 0. The smallest absolute Gasteiger partial charge is 0.335 e. The molecule has 3 aromatic carbocycles. The van der Waals surface area contributed by atoms with Gasteiger partial charge in [-0.1, -0.05) is 28.1 Å². The summed E-state index contributed by atoms with van der Waals surface area (Å²) in [5.41, 5.74) is 6.28. The van der Waals surface area contributed by atoms with Crippen molar-refractivity contribution in [2.45, 2.75) is 20.5 Å². The number of nitrogens with zero attached hydrogens (tertiary/aromatic N) is 2. The predicted molar refractivity (Wildman–Crippen MR) is 134 cm³/mol. The molecule has 0 saturated heterocycles. The number of aromatic nitrogens is 1. The first-order chi connectivity index (χ1) is 15.9. The molecular formula is C27H23BrN2O3. The molecular weight excluding hydrogens is 480 g/mol. The van der Waals surface area contributed by atoms with Gasteiger partial charge in [-0.3, -0.25) is 4.99 Å². The number of benzene rings is 3. The first kappa shape index (κ1) is 22.6. The van der Waals surface area contributed by atoms with E-state index in [0.29, 0.717) is 12.3 Å². The number of hydrogen-bond donors (Lipinski definition) is 1. The van der Waals surface area contributed by atoms with Gasteiger partial charge < -0.3 is 14.4 Å². The second-order valence-electron chi connectivity index (χ2n) is 7.68. The molecule has 0 fully saturated rings. The molecule has 0 atom stereocenters. The van der Waals surface area contributed by atoms with Crippen molar-refractivity contribution >= 4 is 33.8 Å². The van der Waals surface area contributed by atoms with Gasteiger partial charge >= 0.3 is 5.97 Å². The summed E-state index contributed by atoms with van der Waals surface area (Å²) in [5.74, 6) is -0.130. The Balaban J connectivity index is 1.47. The minimum absolute atomic E-state index is 0.247. The highest BCUT2D eigenvalue weighted by Crippen LogP contribution is 2.23. The lowest BCUT2D eigenvalue weighted by Crippen LogP contribution is -2.00. The molecule has 33 heavy (non-hydrogen) atoms. The molecule has 4 aromatic rings. The van der Waals surface area contributed by atoms with Gasteiger partial charge in [0.2, 0.25) is 0 Å². The topological polar surface area (TPSA) is 63.8 Å². The van der Waals surface area contributed by atoms with Gasteiger partial charge in [0.05, 0.1) is 11.3 Å². The van der Waals surface area contributed by atoms with Gasteiger partial charge in [-0.25, -0.2) is 4.79 Å². The van der Waals surface area contributed by atoms with Crippen LogP contribution in [0.2, 0.25) is 0 Å². The second-order valence-corrected chi connectivity index (χ2v) is 8.60. The highest BCUT2D eigenvalue weighted by Gasteiger charge is 2.10. The van der Waals surface area contributed by atoms with Crippen LogP contribution < -0.4 is 4.74 Å². The van der Waals surface area contributed by atoms with Crippen molar-refractivity contribution in [1.29, 1.82) is 0 Å². The van der Waals surface area contributed by atoms with Crippen LogP contribution >= 0.6 is 15.9 Å². The predicted octanol–water partition coefficient (Wildman–Crippen LogP) is 6.88. The third kappa shape index (κ3) is 5.41. The van der Waals surface area contributed by atoms with Crippen molar-refractivity contribution in [2.75, 3.05) is 0 Å². The lowest BCUT2D eigenvalue weighted by Gasteiger charge is -2.11. The van der Waals surface area contributed by atoms with E-state index in [1.165, 1.54) is 0 Å². The molecule has 5 nitrogen and oxygen atoms in total. The first-order valence-corrected chi connectivity index (χ1v) is 11.2. The average Bonchev–Trinajstić information content (AvgIpc) is 3.11. The van der Waals surface area contributed by atoms with Crippen LogP contribution in [-0.2, 0) is 6.61 Å². The Morgan fingerprint density at radius 2 is 1.67 bits per heavy atom. The van der Waals surface area contributed by atoms with E-state index in [-0.39, 0.29) is 5.56 Å². The molecule has 0 aliphatic carbocycles. The number of aliphatic imine (C=N–C) groups is 1. The fourth-order valence-electron chi connectivity index (χ4n) is 3.59. The normalized spacial score (nSPS) is 11.1. The highest BCUT2D eigenvalue weighted by atomic mass is 79.9. The van der Waals surface area contributed by atoms with Crippen molar-refractivity contribution in [3.63, 3.8) is 0 Å². The number of rotatable bonds is 7. The van der Waals surface area contributed by atoms with Crippen LogP contribution in [0.25, 0.3) is 5.69 Å². The van der Waals surface area contributed by atoms with Crippen LogP contribution in [0.3, 0.4) is 0 Å². The van der Waals surface area contributed by atoms with E-state index in [1.54, 1.807) is 24.3 Å². The van der Waals surface area contributed by atoms with E-state index < -0.39 is 5.97 Å². The number of ether oxygens (including phenoxy) is 1. The molecule has 0 bridgehead atoms. The Hall–Kier alpha value is -3.64. The summed E-state index contributed by atoms with van der Waals surface area (Å²) in [6.45, 7) is 4.63. The van der Waals surface area contributed by atoms with Crippen molar-refractivity contribution in [3.8, 4) is 11.4 Å². The molecule has 0 saturated carbocycles. The van der Waals surface area contributed by atoms with Crippen LogP contribution in [0.1, 0.15) is 32.9 Å². The van der Waals surface area contributed by atoms with E-state index >= 15 is 0 Å². The van der Waals surface area contributed by atoms with E-state index in [4.69, 9.17) is 9.84 Å². The molecule has 0 aliphatic heterocycles. The maximum Gasteiger partial charge on any atom is 0.335 e. The van der Waals surface area contributed by atoms with Crippen LogP contribution in [0, 0.1) is 13.8 Å². The molecule has 0 aliphatic rings. The van der Waals surface area contributed by atoms with E-state index in [9.17, 15) is 4.79 Å². The van der Waals surface area contributed by atoms with Crippen LogP contribution in [0.5, 0.6) is 5.75 Å². The summed E-state index contributed by atoms with van der Waals surface area (Å²) >= 11 is 3.44. The van der Waals surface area contributed by atoms with Crippen LogP contribution in [0.4, 0.5) is 5.69 Å². The van der Waals surface area contributed by atoms with Crippen molar-refractivity contribution in [3.05, 3.63) is 111 Å². The first-order valence-electron chi connectivity index (χ1n) is 10.4.